The van der Waals surface area contributed by atoms with Crippen LogP contribution in [0.5, 0.6) is 0 Å². The van der Waals surface area contributed by atoms with E-state index in [4.69, 9.17) is 5.11 Å². The molecule has 1 rings (SSSR count). The second kappa shape index (κ2) is 6.00. The van der Waals surface area contributed by atoms with Crippen LogP contribution < -0.4 is 10.9 Å². The summed E-state index contributed by atoms with van der Waals surface area (Å²) in [6.45, 7) is 8.92. The summed E-state index contributed by atoms with van der Waals surface area (Å²) in [7, 11) is 0. The highest BCUT2D eigenvalue weighted by atomic mass is 16.3. The zero-order valence-electron chi connectivity index (χ0n) is 11.6. The lowest BCUT2D eigenvalue weighted by atomic mass is 9.90. The fourth-order valence-electron chi connectivity index (χ4n) is 1.56. The van der Waals surface area contributed by atoms with Crippen LogP contribution in [-0.2, 0) is 0 Å². The van der Waals surface area contributed by atoms with E-state index in [0.717, 1.165) is 0 Å². The monoisotopic (exact) mass is 253 g/mol. The number of aromatic nitrogens is 2. The summed E-state index contributed by atoms with van der Waals surface area (Å²) in [6, 6.07) is 1.46. The van der Waals surface area contributed by atoms with Crippen molar-refractivity contribution in [2.24, 2.45) is 5.41 Å². The molecule has 0 fully saturated rings. The molecule has 5 nitrogen and oxygen atoms in total. The van der Waals surface area contributed by atoms with Crippen molar-refractivity contribution in [2.75, 3.05) is 18.5 Å². The molecule has 0 saturated heterocycles. The molecule has 1 aromatic rings. The smallest absolute Gasteiger partial charge is 0.252 e. The zero-order chi connectivity index (χ0) is 13.8. The number of hydrogen-bond acceptors (Lipinski definition) is 4. The van der Waals surface area contributed by atoms with Crippen molar-refractivity contribution in [1.29, 1.82) is 0 Å². The fraction of sp³-hybridized carbons (Fsp3) is 0.692. The maximum atomic E-state index is 11.5. The highest BCUT2D eigenvalue weighted by Gasteiger charge is 2.17. The first-order chi connectivity index (χ1) is 8.34. The van der Waals surface area contributed by atoms with Crippen LogP contribution in [0.3, 0.4) is 0 Å². The van der Waals surface area contributed by atoms with Crippen LogP contribution in [0.25, 0.3) is 0 Å². The summed E-state index contributed by atoms with van der Waals surface area (Å²) in [5.41, 5.74) is -0.173. The number of nitrogens with one attached hydrogen (secondary N) is 2. The van der Waals surface area contributed by atoms with Crippen LogP contribution in [-0.4, -0.2) is 28.2 Å². The summed E-state index contributed by atoms with van der Waals surface area (Å²) in [4.78, 5) is 18.6. The Morgan fingerprint density at radius 2 is 2.17 bits per heavy atom. The molecule has 0 aliphatic heterocycles. The Hall–Kier alpha value is -1.36. The molecule has 3 N–H and O–H groups in total. The van der Waals surface area contributed by atoms with Gasteiger partial charge < -0.3 is 15.4 Å². The lowest BCUT2D eigenvalue weighted by Crippen LogP contribution is -2.25. The summed E-state index contributed by atoms with van der Waals surface area (Å²) in [5, 5.41) is 12.1. The van der Waals surface area contributed by atoms with Gasteiger partial charge in [-0.05, 0) is 11.8 Å². The summed E-state index contributed by atoms with van der Waals surface area (Å²) in [5.74, 6) is 1.46. The zero-order valence-corrected chi connectivity index (χ0v) is 11.6. The largest absolute Gasteiger partial charge is 0.396 e. The lowest BCUT2D eigenvalue weighted by Gasteiger charge is -2.24. The molecule has 1 heterocycles. The van der Waals surface area contributed by atoms with Gasteiger partial charge in [-0.1, -0.05) is 27.7 Å². The van der Waals surface area contributed by atoms with E-state index in [2.05, 4.69) is 29.1 Å². The van der Waals surface area contributed by atoms with Crippen molar-refractivity contribution in [3.8, 4) is 0 Å². The van der Waals surface area contributed by atoms with Gasteiger partial charge in [-0.15, -0.1) is 0 Å². The fourth-order valence-corrected chi connectivity index (χ4v) is 1.56. The minimum Gasteiger partial charge on any atom is -0.396 e. The molecule has 1 aromatic heterocycles. The molecule has 0 amide bonds. The Balaban J connectivity index is 2.76. The van der Waals surface area contributed by atoms with E-state index in [9.17, 15) is 4.79 Å². The maximum absolute atomic E-state index is 11.5. The number of hydrogen-bond donors (Lipinski definition) is 3. The van der Waals surface area contributed by atoms with Crippen molar-refractivity contribution in [2.45, 2.75) is 40.0 Å². The van der Waals surface area contributed by atoms with E-state index in [1.165, 1.54) is 6.07 Å². The number of H-pyrrole nitrogens is 1. The summed E-state index contributed by atoms with van der Waals surface area (Å²) >= 11 is 0. The van der Waals surface area contributed by atoms with Crippen molar-refractivity contribution >= 4 is 5.82 Å². The van der Waals surface area contributed by atoms with Gasteiger partial charge in [0.2, 0.25) is 0 Å². The van der Waals surface area contributed by atoms with Gasteiger partial charge in [0, 0.05) is 25.1 Å². The maximum Gasteiger partial charge on any atom is 0.252 e. The van der Waals surface area contributed by atoms with E-state index in [1.807, 2.05) is 13.8 Å². The van der Waals surface area contributed by atoms with E-state index >= 15 is 0 Å². The molecule has 0 saturated carbocycles. The molecular formula is C13H23N3O2. The Morgan fingerprint density at radius 3 is 2.72 bits per heavy atom. The number of aromatic amines is 1. The molecule has 0 spiro atoms. The standard InChI is InChI=1S/C13H23N3O2/c1-9(2)12-15-10(7-11(18)16-12)14-8-13(3,4)5-6-17/h7,9,17H,5-6,8H2,1-4H3,(H2,14,15,16,18). The Kier molecular flexibility index (Phi) is 4.90. The second-order valence-corrected chi connectivity index (χ2v) is 5.66. The molecule has 0 atom stereocenters. The second-order valence-electron chi connectivity index (χ2n) is 5.66. The molecule has 102 valence electrons. The molecule has 0 aromatic carbocycles. The van der Waals surface area contributed by atoms with Crippen molar-refractivity contribution < 1.29 is 5.11 Å². The Labute approximate surface area is 108 Å². The molecule has 0 bridgehead atoms. The minimum atomic E-state index is -0.142. The van der Waals surface area contributed by atoms with Crippen LogP contribution in [0.4, 0.5) is 5.82 Å². The Morgan fingerprint density at radius 1 is 1.50 bits per heavy atom. The van der Waals surface area contributed by atoms with Crippen LogP contribution >= 0.6 is 0 Å². The van der Waals surface area contributed by atoms with Gasteiger partial charge in [-0.3, -0.25) is 4.79 Å². The van der Waals surface area contributed by atoms with E-state index in [1.54, 1.807) is 0 Å². The third-order valence-electron chi connectivity index (χ3n) is 2.84. The lowest BCUT2D eigenvalue weighted by molar-refractivity contribution is 0.220. The third kappa shape index (κ3) is 4.49. The Bertz CT molecular complexity index is 438. The first-order valence-corrected chi connectivity index (χ1v) is 6.30. The van der Waals surface area contributed by atoms with Crippen molar-refractivity contribution in [1.82, 2.24) is 9.97 Å². The minimum absolute atomic E-state index is 0.0307. The van der Waals surface area contributed by atoms with Gasteiger partial charge >= 0.3 is 0 Å². The number of anilines is 1. The van der Waals surface area contributed by atoms with Gasteiger partial charge in [0.15, 0.2) is 0 Å². The van der Waals surface area contributed by atoms with Gasteiger partial charge in [-0.2, -0.15) is 0 Å². The van der Waals surface area contributed by atoms with Gasteiger partial charge in [0.1, 0.15) is 11.6 Å². The summed E-state index contributed by atoms with van der Waals surface area (Å²) < 4.78 is 0. The van der Waals surface area contributed by atoms with Crippen molar-refractivity contribution in [3.63, 3.8) is 0 Å². The molecule has 0 unspecified atom stereocenters. The molecule has 5 heteroatoms. The predicted octanol–water partition coefficient (Wildman–Crippen LogP) is 1.71. The quantitative estimate of drug-likeness (QED) is 0.721. The van der Waals surface area contributed by atoms with Crippen LogP contribution in [0.15, 0.2) is 10.9 Å². The predicted molar refractivity (Wildman–Crippen MR) is 72.9 cm³/mol. The summed E-state index contributed by atoms with van der Waals surface area (Å²) in [6.07, 6.45) is 0.709. The van der Waals surface area contributed by atoms with E-state index < -0.39 is 0 Å². The number of aliphatic hydroxyl groups is 1. The first-order valence-electron chi connectivity index (χ1n) is 6.30. The normalized spacial score (nSPS) is 11.9. The molecule has 0 aliphatic carbocycles. The highest BCUT2D eigenvalue weighted by molar-refractivity contribution is 5.33. The molecule has 18 heavy (non-hydrogen) atoms. The van der Waals surface area contributed by atoms with Crippen molar-refractivity contribution in [3.05, 3.63) is 22.2 Å². The average molecular weight is 253 g/mol. The third-order valence-corrected chi connectivity index (χ3v) is 2.84. The first kappa shape index (κ1) is 14.7. The van der Waals surface area contributed by atoms with Gasteiger partial charge in [0.25, 0.3) is 5.56 Å². The van der Waals surface area contributed by atoms with E-state index in [-0.39, 0.29) is 23.5 Å². The molecule has 0 aliphatic rings. The average Bonchev–Trinajstić information content (AvgIpc) is 2.26. The number of aliphatic hydroxyl groups excluding tert-OH is 1. The molecule has 0 radical (unpaired) electrons. The number of rotatable bonds is 6. The highest BCUT2D eigenvalue weighted by Crippen LogP contribution is 2.20. The van der Waals surface area contributed by atoms with Crippen LogP contribution in [0.1, 0.15) is 45.9 Å². The van der Waals surface area contributed by atoms with Crippen LogP contribution in [0, 0.1) is 5.41 Å². The molecular weight excluding hydrogens is 230 g/mol. The van der Waals surface area contributed by atoms with Gasteiger partial charge in [-0.25, -0.2) is 4.98 Å². The topological polar surface area (TPSA) is 78.0 Å². The van der Waals surface area contributed by atoms with Gasteiger partial charge in [0.05, 0.1) is 0 Å². The SMILES string of the molecule is CC(C)c1nc(NCC(C)(C)CCO)cc(=O)[nH]1. The van der Waals surface area contributed by atoms with E-state index in [0.29, 0.717) is 24.6 Å². The number of nitrogens with zero attached hydrogens (tertiary/aromatic N) is 1. The van der Waals surface area contributed by atoms with Crippen LogP contribution in [0.2, 0.25) is 0 Å².